The molecule has 3 rings (SSSR count). The van der Waals surface area contributed by atoms with Crippen molar-refractivity contribution in [2.75, 3.05) is 32.8 Å². The molecule has 0 saturated carbocycles. The highest BCUT2D eigenvalue weighted by molar-refractivity contribution is 5.95. The van der Waals surface area contributed by atoms with Crippen LogP contribution in [-0.4, -0.2) is 55.7 Å². The second-order valence-electron chi connectivity index (χ2n) is 7.47. The van der Waals surface area contributed by atoms with E-state index >= 15 is 0 Å². The largest absolute Gasteiger partial charge is 0.450 e. The summed E-state index contributed by atoms with van der Waals surface area (Å²) in [6.45, 7) is 6.69. The molecule has 2 saturated heterocycles. The first-order chi connectivity index (χ1) is 13.5. The van der Waals surface area contributed by atoms with Gasteiger partial charge >= 0.3 is 11.7 Å². The standard InChI is InChI=1S/C20H29N3O5.ClH/c1-3-27-20(26)23-9-6-15(7-10-23)22-18(24)17-13(2)11-16(28-19(17)25)14-5-4-8-21-12-14;/h11,14-15,21H,3-10,12H2,1-2H3,(H,22,24);1H. The molecule has 2 fully saturated rings. The lowest BCUT2D eigenvalue weighted by atomic mass is 9.95. The molecule has 2 amide bonds. The Morgan fingerprint density at radius 1 is 1.31 bits per heavy atom. The van der Waals surface area contributed by atoms with Gasteiger partial charge in [-0.1, -0.05) is 0 Å². The van der Waals surface area contributed by atoms with E-state index in [0.717, 1.165) is 25.9 Å². The Kier molecular flexibility index (Phi) is 8.52. The lowest BCUT2D eigenvalue weighted by Gasteiger charge is -2.31. The zero-order valence-electron chi connectivity index (χ0n) is 17.0. The molecule has 1 atom stereocenters. The number of carbonyl (C=O) groups is 2. The highest BCUT2D eigenvalue weighted by atomic mass is 35.5. The number of amides is 2. The molecule has 8 nitrogen and oxygen atoms in total. The number of halogens is 1. The minimum absolute atomic E-state index is 0. The Labute approximate surface area is 176 Å². The Balaban J connectivity index is 0.00000300. The maximum absolute atomic E-state index is 12.7. The molecule has 0 bridgehead atoms. The fourth-order valence-corrected chi connectivity index (χ4v) is 3.88. The molecule has 162 valence electrons. The molecule has 3 heterocycles. The highest BCUT2D eigenvalue weighted by Crippen LogP contribution is 2.23. The first-order valence-corrected chi connectivity index (χ1v) is 10.1. The number of likely N-dealkylation sites (tertiary alicyclic amines) is 1. The van der Waals surface area contributed by atoms with Crippen molar-refractivity contribution < 1.29 is 18.7 Å². The lowest BCUT2D eigenvalue weighted by molar-refractivity contribution is 0.0856. The number of hydrogen-bond donors (Lipinski definition) is 2. The van der Waals surface area contributed by atoms with Crippen molar-refractivity contribution in [3.63, 3.8) is 0 Å². The fourth-order valence-electron chi connectivity index (χ4n) is 3.88. The predicted octanol–water partition coefficient (Wildman–Crippen LogP) is 2.19. The van der Waals surface area contributed by atoms with Crippen LogP contribution in [0.25, 0.3) is 0 Å². The molecule has 1 aromatic heterocycles. The van der Waals surface area contributed by atoms with Crippen molar-refractivity contribution in [1.82, 2.24) is 15.5 Å². The van der Waals surface area contributed by atoms with Crippen LogP contribution in [0, 0.1) is 6.92 Å². The number of carbonyl (C=O) groups excluding carboxylic acids is 2. The Hall–Kier alpha value is -2.06. The van der Waals surface area contributed by atoms with E-state index in [1.165, 1.54) is 0 Å². The van der Waals surface area contributed by atoms with Gasteiger partial charge in [-0.25, -0.2) is 9.59 Å². The van der Waals surface area contributed by atoms with E-state index in [9.17, 15) is 14.4 Å². The second kappa shape index (κ2) is 10.6. The van der Waals surface area contributed by atoms with Gasteiger partial charge in [0.1, 0.15) is 11.3 Å². The highest BCUT2D eigenvalue weighted by Gasteiger charge is 2.27. The normalized spacial score (nSPS) is 19.9. The minimum Gasteiger partial charge on any atom is -0.450 e. The summed E-state index contributed by atoms with van der Waals surface area (Å²) in [5, 5.41) is 6.22. The molecule has 9 heteroatoms. The number of hydrogen-bond acceptors (Lipinski definition) is 6. The molecule has 29 heavy (non-hydrogen) atoms. The van der Waals surface area contributed by atoms with E-state index in [2.05, 4.69) is 10.6 Å². The average molecular weight is 428 g/mol. The molecule has 1 unspecified atom stereocenters. The third-order valence-electron chi connectivity index (χ3n) is 5.45. The molecule has 2 N–H and O–H groups in total. The first kappa shape index (κ1) is 23.2. The van der Waals surface area contributed by atoms with Crippen LogP contribution in [0.1, 0.15) is 60.2 Å². The Morgan fingerprint density at radius 3 is 2.62 bits per heavy atom. The van der Waals surface area contributed by atoms with E-state index in [1.807, 2.05) is 6.07 Å². The van der Waals surface area contributed by atoms with Gasteiger partial charge in [-0.15, -0.1) is 12.4 Å². The van der Waals surface area contributed by atoms with Crippen LogP contribution in [0.3, 0.4) is 0 Å². The minimum atomic E-state index is -0.581. The van der Waals surface area contributed by atoms with E-state index < -0.39 is 11.5 Å². The topological polar surface area (TPSA) is 101 Å². The van der Waals surface area contributed by atoms with Gasteiger partial charge in [0.15, 0.2) is 0 Å². The van der Waals surface area contributed by atoms with Crippen LogP contribution in [0.2, 0.25) is 0 Å². The van der Waals surface area contributed by atoms with Gasteiger partial charge in [0.2, 0.25) is 0 Å². The smallest absolute Gasteiger partial charge is 0.409 e. The molecule has 2 aliphatic rings. The Morgan fingerprint density at radius 2 is 2.03 bits per heavy atom. The maximum Gasteiger partial charge on any atom is 0.409 e. The van der Waals surface area contributed by atoms with E-state index in [-0.39, 0.29) is 36.0 Å². The number of piperidine rings is 2. The van der Waals surface area contributed by atoms with Crippen molar-refractivity contribution in [1.29, 1.82) is 0 Å². The summed E-state index contributed by atoms with van der Waals surface area (Å²) < 4.78 is 10.5. The quantitative estimate of drug-likeness (QED) is 0.763. The van der Waals surface area contributed by atoms with E-state index in [1.54, 1.807) is 18.7 Å². The van der Waals surface area contributed by atoms with Crippen molar-refractivity contribution in [3.8, 4) is 0 Å². The zero-order chi connectivity index (χ0) is 20.1. The van der Waals surface area contributed by atoms with Gasteiger partial charge in [0, 0.05) is 31.6 Å². The van der Waals surface area contributed by atoms with Crippen molar-refractivity contribution in [2.24, 2.45) is 0 Å². The maximum atomic E-state index is 12.7. The average Bonchev–Trinajstić information content (AvgIpc) is 2.69. The van der Waals surface area contributed by atoms with Gasteiger partial charge in [-0.3, -0.25) is 4.79 Å². The van der Waals surface area contributed by atoms with Gasteiger partial charge < -0.3 is 24.7 Å². The summed E-state index contributed by atoms with van der Waals surface area (Å²) in [6, 6.07) is 1.73. The van der Waals surface area contributed by atoms with Gasteiger partial charge in [0.05, 0.1) is 6.61 Å². The third kappa shape index (κ3) is 5.73. The fraction of sp³-hybridized carbons (Fsp3) is 0.650. The van der Waals surface area contributed by atoms with Crippen LogP contribution >= 0.6 is 12.4 Å². The number of aryl methyl sites for hydroxylation is 1. The van der Waals surface area contributed by atoms with Gasteiger partial charge in [-0.2, -0.15) is 0 Å². The SMILES string of the molecule is CCOC(=O)N1CCC(NC(=O)c2c(C)cc(C3CCCNC3)oc2=O)CC1.Cl. The molecule has 0 spiro atoms. The number of ether oxygens (including phenoxy) is 1. The summed E-state index contributed by atoms with van der Waals surface area (Å²) in [5.74, 6) is 0.410. The van der Waals surface area contributed by atoms with Crippen molar-refractivity contribution >= 4 is 24.4 Å². The molecule has 0 aromatic carbocycles. The number of nitrogens with zero attached hydrogens (tertiary/aromatic N) is 1. The Bertz CT molecular complexity index is 768. The summed E-state index contributed by atoms with van der Waals surface area (Å²) >= 11 is 0. The predicted molar refractivity (Wildman–Crippen MR) is 111 cm³/mol. The van der Waals surface area contributed by atoms with Crippen molar-refractivity contribution in [2.45, 2.75) is 51.5 Å². The van der Waals surface area contributed by atoms with E-state index in [4.69, 9.17) is 9.15 Å². The summed E-state index contributed by atoms with van der Waals surface area (Å²) in [7, 11) is 0. The molecular weight excluding hydrogens is 398 g/mol. The number of nitrogens with one attached hydrogen (secondary N) is 2. The van der Waals surface area contributed by atoms with Crippen LogP contribution in [0.5, 0.6) is 0 Å². The van der Waals surface area contributed by atoms with Crippen LogP contribution in [0.15, 0.2) is 15.3 Å². The zero-order valence-corrected chi connectivity index (χ0v) is 17.8. The summed E-state index contributed by atoms with van der Waals surface area (Å²) in [5.41, 5.74) is 0.126. The summed E-state index contributed by atoms with van der Waals surface area (Å²) in [4.78, 5) is 38.5. The number of rotatable bonds is 4. The van der Waals surface area contributed by atoms with Crippen LogP contribution < -0.4 is 16.3 Å². The lowest BCUT2D eigenvalue weighted by Crippen LogP contribution is -2.47. The van der Waals surface area contributed by atoms with Gasteiger partial charge in [-0.05, 0) is 57.7 Å². The van der Waals surface area contributed by atoms with E-state index in [0.29, 0.717) is 43.9 Å². The summed E-state index contributed by atoms with van der Waals surface area (Å²) in [6.07, 6.45) is 2.94. The van der Waals surface area contributed by atoms with Crippen LogP contribution in [-0.2, 0) is 4.74 Å². The molecule has 0 radical (unpaired) electrons. The molecule has 0 aliphatic carbocycles. The molecule has 1 aromatic rings. The van der Waals surface area contributed by atoms with Gasteiger partial charge in [0.25, 0.3) is 5.91 Å². The second-order valence-corrected chi connectivity index (χ2v) is 7.47. The first-order valence-electron chi connectivity index (χ1n) is 10.1. The molecule has 2 aliphatic heterocycles. The van der Waals surface area contributed by atoms with Crippen molar-refractivity contribution in [3.05, 3.63) is 33.4 Å². The monoisotopic (exact) mass is 427 g/mol. The third-order valence-corrected chi connectivity index (χ3v) is 5.45. The molecular formula is C20H30ClN3O5. The van der Waals surface area contributed by atoms with Crippen LogP contribution in [0.4, 0.5) is 4.79 Å².